The third-order valence-corrected chi connectivity index (χ3v) is 9.50. The number of hydrogen-bond donors (Lipinski definition) is 3. The fourth-order valence-corrected chi connectivity index (χ4v) is 6.87. The molecule has 3 aromatic rings. The van der Waals surface area contributed by atoms with Crippen LogP contribution in [-0.2, 0) is 23.9 Å². The van der Waals surface area contributed by atoms with Crippen LogP contribution in [0.5, 0.6) is 0 Å². The maximum Gasteiger partial charge on any atom is 0.408 e. The topological polar surface area (TPSA) is 190 Å². The number of H-pyrrole nitrogens is 1. The molecule has 1 saturated heterocycles. The Labute approximate surface area is 314 Å². The van der Waals surface area contributed by atoms with E-state index in [1.807, 2.05) is 30.3 Å². The van der Waals surface area contributed by atoms with Crippen LogP contribution in [0.4, 0.5) is 10.5 Å². The number of alkyl carbamates (subject to hydrolysis) is 1. The number of pyridine rings is 1. The zero-order valence-corrected chi connectivity index (χ0v) is 31.2. The Morgan fingerprint density at radius 1 is 1.02 bits per heavy atom. The number of rotatable bonds is 13. The molecule has 3 unspecified atom stereocenters. The fourth-order valence-electron chi connectivity index (χ4n) is 6.87. The van der Waals surface area contributed by atoms with Crippen molar-refractivity contribution in [3.05, 3.63) is 87.6 Å². The molecule has 1 aliphatic heterocycles. The molecule has 0 spiro atoms. The van der Waals surface area contributed by atoms with Crippen molar-refractivity contribution in [2.45, 2.75) is 103 Å². The molecule has 2 aliphatic rings. The van der Waals surface area contributed by atoms with E-state index < -0.39 is 35.1 Å². The summed E-state index contributed by atoms with van der Waals surface area (Å²) in [6.45, 7) is 9.54. The van der Waals surface area contributed by atoms with Crippen LogP contribution in [0.25, 0.3) is 22.2 Å². The number of non-ortho nitro benzene ring substituents is 1. The molecule has 14 heteroatoms. The molecule has 1 aliphatic carbocycles. The first-order valence-corrected chi connectivity index (χ1v) is 18.7. The number of hydrogen-bond acceptors (Lipinski definition) is 9. The molecule has 2 fully saturated rings. The number of carbonyl (C=O) groups is 4. The van der Waals surface area contributed by atoms with Crippen LogP contribution < -0.4 is 16.1 Å². The predicted octanol–water partition coefficient (Wildman–Crippen LogP) is 6.18. The maximum absolute atomic E-state index is 13.6. The second kappa shape index (κ2) is 20.1. The number of amides is 3. The average molecular weight is 746 g/mol. The zero-order chi connectivity index (χ0) is 39.2. The van der Waals surface area contributed by atoms with Gasteiger partial charge in [0.05, 0.1) is 28.5 Å². The first kappa shape index (κ1) is 41.2. The molecule has 3 N–H and O–H groups in total. The zero-order valence-electron chi connectivity index (χ0n) is 31.2. The second-order valence-electron chi connectivity index (χ2n) is 13.7. The van der Waals surface area contributed by atoms with Gasteiger partial charge in [0, 0.05) is 30.4 Å². The van der Waals surface area contributed by atoms with E-state index in [0.29, 0.717) is 48.8 Å². The van der Waals surface area contributed by atoms with E-state index in [0.717, 1.165) is 37.7 Å². The Morgan fingerprint density at radius 3 is 2.39 bits per heavy atom. The van der Waals surface area contributed by atoms with Crippen LogP contribution in [0.1, 0.15) is 78.6 Å². The van der Waals surface area contributed by atoms with Gasteiger partial charge in [-0.1, -0.05) is 55.7 Å². The molecular formula is C40H51N5O9. The number of benzene rings is 2. The number of nitro benzene ring substituents is 1. The van der Waals surface area contributed by atoms with Gasteiger partial charge in [0.15, 0.2) is 5.43 Å². The monoisotopic (exact) mass is 745 g/mol. The Bertz CT molecular complexity index is 1840. The van der Waals surface area contributed by atoms with Gasteiger partial charge in [-0.15, -0.1) is 6.58 Å². The second-order valence-corrected chi connectivity index (χ2v) is 13.7. The summed E-state index contributed by atoms with van der Waals surface area (Å²) in [5.74, 6) is -1.12. The molecule has 54 heavy (non-hydrogen) atoms. The Balaban J connectivity index is 0.000000273. The summed E-state index contributed by atoms with van der Waals surface area (Å²) in [5, 5.41) is 16.6. The number of fused-ring (bicyclic) bond motifs is 1. The molecule has 0 radical (unpaired) electrons. The minimum atomic E-state index is -0.795. The molecule has 290 valence electrons. The smallest absolute Gasteiger partial charge is 0.408 e. The van der Waals surface area contributed by atoms with Gasteiger partial charge in [-0.25, -0.2) is 9.59 Å². The number of allylic oxidation sites excluding steroid dienone is 1. The van der Waals surface area contributed by atoms with Gasteiger partial charge in [-0.05, 0) is 76.8 Å². The van der Waals surface area contributed by atoms with Crippen molar-refractivity contribution < 1.29 is 33.6 Å². The predicted molar refractivity (Wildman–Crippen MR) is 205 cm³/mol. The highest BCUT2D eigenvalue weighted by molar-refractivity contribution is 5.93. The van der Waals surface area contributed by atoms with Gasteiger partial charge in [0.25, 0.3) is 5.69 Å². The minimum Gasteiger partial charge on any atom is -0.464 e. The molecule has 3 amide bonds. The summed E-state index contributed by atoms with van der Waals surface area (Å²) in [7, 11) is 0. The van der Waals surface area contributed by atoms with E-state index in [1.165, 1.54) is 18.2 Å². The SMILES string of the molecule is C=CCCC(NC(=O)C1CCCN1C(=O)C(NC(=O)OC(C)C)C1CCCCC1)C(=O)OCC.O=c1cc(-c2ccccc2)[nH]c2ccc([N+](=O)[O-])cc12. The molecule has 1 saturated carbocycles. The van der Waals surface area contributed by atoms with Crippen LogP contribution in [0, 0.1) is 16.0 Å². The highest BCUT2D eigenvalue weighted by Gasteiger charge is 2.41. The fraction of sp³-hybridized carbons (Fsp3) is 0.475. The number of nitrogens with zero attached hydrogens (tertiary/aromatic N) is 2. The largest absolute Gasteiger partial charge is 0.464 e. The highest BCUT2D eigenvalue weighted by Crippen LogP contribution is 2.30. The van der Waals surface area contributed by atoms with Gasteiger partial charge in [-0.2, -0.15) is 0 Å². The van der Waals surface area contributed by atoms with E-state index in [2.05, 4.69) is 22.2 Å². The van der Waals surface area contributed by atoms with E-state index >= 15 is 0 Å². The van der Waals surface area contributed by atoms with Crippen molar-refractivity contribution in [2.75, 3.05) is 13.2 Å². The third-order valence-electron chi connectivity index (χ3n) is 9.50. The summed E-state index contributed by atoms with van der Waals surface area (Å²) >= 11 is 0. The molecule has 2 aromatic carbocycles. The van der Waals surface area contributed by atoms with Gasteiger partial charge in [0.2, 0.25) is 11.8 Å². The van der Waals surface area contributed by atoms with Gasteiger partial charge >= 0.3 is 12.1 Å². The lowest BCUT2D eigenvalue weighted by molar-refractivity contribution is -0.384. The lowest BCUT2D eigenvalue weighted by Gasteiger charge is -2.34. The number of aromatic nitrogens is 1. The van der Waals surface area contributed by atoms with E-state index in [4.69, 9.17) is 9.47 Å². The van der Waals surface area contributed by atoms with Crippen molar-refractivity contribution in [2.24, 2.45) is 5.92 Å². The standard InChI is InChI=1S/C25H41N3O6.C15H10N2O3/c1-5-7-14-19(24(31)33-6-2)26-22(29)20-15-11-16-28(20)23(30)21(18-12-9-8-10-13-18)27-25(32)34-17(3)4;18-15-9-14(10-4-2-1-3-5-10)16-13-7-6-11(17(19)20)8-12(13)15/h5,17-21H,1,6-16H2,2-4H3,(H,26,29)(H,27,32);1-9H,(H,16,18). The Hall–Kier alpha value is -5.53. The average Bonchev–Trinajstić information content (AvgIpc) is 3.66. The number of ether oxygens (including phenoxy) is 2. The van der Waals surface area contributed by atoms with Crippen molar-refractivity contribution in [1.29, 1.82) is 0 Å². The number of carbonyl (C=O) groups excluding carboxylic acids is 4. The third kappa shape index (κ3) is 11.2. The Kier molecular flexibility index (Phi) is 15.3. The quantitative estimate of drug-likeness (QED) is 0.0794. The molecule has 0 bridgehead atoms. The number of aromatic amines is 1. The first-order chi connectivity index (χ1) is 25.9. The van der Waals surface area contributed by atoms with Crippen LogP contribution in [-0.4, -0.2) is 76.1 Å². The maximum atomic E-state index is 13.6. The highest BCUT2D eigenvalue weighted by atomic mass is 16.6. The summed E-state index contributed by atoms with van der Waals surface area (Å²) in [6, 6.07) is 12.9. The van der Waals surface area contributed by atoms with Gasteiger partial charge < -0.3 is 30.0 Å². The van der Waals surface area contributed by atoms with Gasteiger partial charge in [0.1, 0.15) is 18.1 Å². The molecule has 2 heterocycles. The molecule has 5 rings (SSSR count). The van der Waals surface area contributed by atoms with Crippen molar-refractivity contribution in [3.63, 3.8) is 0 Å². The van der Waals surface area contributed by atoms with Crippen molar-refractivity contribution in [3.8, 4) is 11.3 Å². The van der Waals surface area contributed by atoms with E-state index in [-0.39, 0.29) is 41.6 Å². The van der Waals surface area contributed by atoms with Crippen molar-refractivity contribution in [1.82, 2.24) is 20.5 Å². The summed E-state index contributed by atoms with van der Waals surface area (Å²) in [6.07, 6.45) is 7.66. The summed E-state index contributed by atoms with van der Waals surface area (Å²) in [5.41, 5.74) is 1.85. The number of likely N-dealkylation sites (tertiary alicyclic amines) is 1. The van der Waals surface area contributed by atoms with Crippen molar-refractivity contribution >= 4 is 40.5 Å². The number of nitro groups is 1. The number of nitrogens with one attached hydrogen (secondary N) is 3. The van der Waals surface area contributed by atoms with Crippen LogP contribution in [0.3, 0.4) is 0 Å². The van der Waals surface area contributed by atoms with Gasteiger partial charge in [-0.3, -0.25) is 24.5 Å². The van der Waals surface area contributed by atoms with Crippen LogP contribution >= 0.6 is 0 Å². The first-order valence-electron chi connectivity index (χ1n) is 18.7. The minimum absolute atomic E-state index is 0.00476. The lowest BCUT2D eigenvalue weighted by Crippen LogP contribution is -2.57. The molecule has 1 aromatic heterocycles. The summed E-state index contributed by atoms with van der Waals surface area (Å²) in [4.78, 5) is 78.5. The lowest BCUT2D eigenvalue weighted by atomic mass is 9.83. The van der Waals surface area contributed by atoms with Crippen LogP contribution in [0.15, 0.2) is 72.0 Å². The van der Waals surface area contributed by atoms with E-state index in [1.54, 1.807) is 37.8 Å². The number of esters is 1. The summed E-state index contributed by atoms with van der Waals surface area (Å²) < 4.78 is 10.3. The molecule has 3 atom stereocenters. The van der Waals surface area contributed by atoms with E-state index in [9.17, 15) is 34.1 Å². The normalized spacial score (nSPS) is 16.7. The van der Waals surface area contributed by atoms with Crippen LogP contribution in [0.2, 0.25) is 0 Å². The molecular weight excluding hydrogens is 694 g/mol. The Morgan fingerprint density at radius 2 is 1.74 bits per heavy atom. The molecule has 14 nitrogen and oxygen atoms in total.